The van der Waals surface area contributed by atoms with Crippen molar-refractivity contribution in [1.82, 2.24) is 0 Å². The Kier molecular flexibility index (Phi) is 13.1. The predicted octanol–water partition coefficient (Wildman–Crippen LogP) is -2.52. The first kappa shape index (κ1) is 45.1. The van der Waals surface area contributed by atoms with E-state index < -0.39 is 148 Å². The molecule has 0 aromatic rings. The highest BCUT2D eigenvalue weighted by molar-refractivity contribution is 5.18. The molecule has 19 heteroatoms. The Balaban J connectivity index is 1.09. The standard InChI is InChI=1S/C42H66O19/c1-17-5-6-25-41(12-17)10-7-19-18(2)4-3-9-42(19,25)61-37-30(50)27(47)24(16-53-38-32(52)36-34(58-36)23(15-45)56-38)57-40(37)59-33-20(8-11-41)54-22(14-44)28(48)35(33)60-39-31(51)29(49)26(46)21(13-43)55-39/h18-40,43-52H,1,3-16H2,2H3/t18-,19+,20?,21?,22?,23?,24?,25+,26?,27?,28?,29?,30?,31?,32?,33?,34?,35?,36?,37?,38?,39?,40?,41-,42-/m0/s1. The summed E-state index contributed by atoms with van der Waals surface area (Å²) >= 11 is 0. The van der Waals surface area contributed by atoms with Crippen LogP contribution in [0.1, 0.15) is 71.1 Å². The number of aliphatic hydroxyl groups excluding tert-OH is 10. The van der Waals surface area contributed by atoms with E-state index in [1.54, 1.807) is 0 Å². The molecule has 10 N–H and O–H groups in total. The minimum Gasteiger partial charge on any atom is -0.394 e. The largest absolute Gasteiger partial charge is 0.394 e. The van der Waals surface area contributed by atoms with Crippen LogP contribution in [0, 0.1) is 23.2 Å². The van der Waals surface area contributed by atoms with Crippen molar-refractivity contribution in [2.24, 2.45) is 23.2 Å². The van der Waals surface area contributed by atoms with Crippen LogP contribution >= 0.6 is 0 Å². The van der Waals surface area contributed by atoms with Crippen LogP contribution in [0.2, 0.25) is 0 Å². The summed E-state index contributed by atoms with van der Waals surface area (Å²) in [5.41, 5.74) is 0.0839. The van der Waals surface area contributed by atoms with Gasteiger partial charge in [0.15, 0.2) is 18.9 Å². The molecule has 20 unspecified atom stereocenters. The molecule has 6 saturated heterocycles. The summed E-state index contributed by atoms with van der Waals surface area (Å²) in [4.78, 5) is 0. The lowest BCUT2D eigenvalue weighted by Crippen LogP contribution is -2.69. The lowest BCUT2D eigenvalue weighted by Gasteiger charge is -2.64. The van der Waals surface area contributed by atoms with E-state index in [0.717, 1.165) is 50.5 Å². The second-order valence-electron chi connectivity index (χ2n) is 19.4. The third-order valence-corrected chi connectivity index (χ3v) is 16.0. The van der Waals surface area contributed by atoms with Gasteiger partial charge in [-0.15, -0.1) is 0 Å². The molecule has 3 saturated carbocycles. The van der Waals surface area contributed by atoms with Crippen molar-refractivity contribution in [3.05, 3.63) is 12.2 Å². The minimum absolute atomic E-state index is 0.0245. The van der Waals surface area contributed by atoms with Gasteiger partial charge in [-0.25, -0.2) is 0 Å². The van der Waals surface area contributed by atoms with Crippen molar-refractivity contribution in [2.45, 2.75) is 199 Å². The second kappa shape index (κ2) is 17.7. The van der Waals surface area contributed by atoms with Crippen LogP contribution < -0.4 is 0 Å². The second-order valence-corrected chi connectivity index (χ2v) is 19.4. The number of rotatable bonds is 8. The topological polar surface area (TPSA) is 289 Å². The molecule has 9 fully saturated rings. The molecule has 0 aromatic heterocycles. The van der Waals surface area contributed by atoms with E-state index in [1.165, 1.54) is 0 Å². The molecule has 1 spiro atoms. The summed E-state index contributed by atoms with van der Waals surface area (Å²) in [6.45, 7) is 4.56. The number of ether oxygens (including phenoxy) is 9. The highest BCUT2D eigenvalue weighted by atomic mass is 16.8. The van der Waals surface area contributed by atoms with Gasteiger partial charge in [-0.3, -0.25) is 0 Å². The Hall–Kier alpha value is -1.02. The summed E-state index contributed by atoms with van der Waals surface area (Å²) in [6, 6.07) is 0. The van der Waals surface area contributed by atoms with Crippen molar-refractivity contribution in [1.29, 1.82) is 0 Å². The number of hydrogen-bond acceptors (Lipinski definition) is 19. The highest BCUT2D eigenvalue weighted by Crippen LogP contribution is 2.65. The van der Waals surface area contributed by atoms with Crippen LogP contribution in [-0.4, -0.2) is 206 Å². The summed E-state index contributed by atoms with van der Waals surface area (Å²) in [7, 11) is 0. The van der Waals surface area contributed by atoms with Gasteiger partial charge in [-0.1, -0.05) is 31.9 Å². The summed E-state index contributed by atoms with van der Waals surface area (Å²) in [5.74, 6) is 0.449. The molecular weight excluding hydrogens is 808 g/mol. The number of epoxide rings is 1. The van der Waals surface area contributed by atoms with Gasteiger partial charge in [0.05, 0.1) is 38.1 Å². The van der Waals surface area contributed by atoms with Gasteiger partial charge in [0.2, 0.25) is 0 Å². The zero-order valence-electron chi connectivity index (χ0n) is 34.5. The van der Waals surface area contributed by atoms with Crippen LogP contribution in [0.25, 0.3) is 0 Å². The minimum atomic E-state index is -1.84. The lowest BCUT2D eigenvalue weighted by molar-refractivity contribution is -0.386. The monoisotopic (exact) mass is 874 g/mol. The van der Waals surface area contributed by atoms with E-state index in [1.807, 2.05) is 0 Å². The average molecular weight is 875 g/mol. The zero-order chi connectivity index (χ0) is 43.1. The molecule has 0 radical (unpaired) electrons. The third kappa shape index (κ3) is 7.87. The van der Waals surface area contributed by atoms with Crippen LogP contribution in [0.5, 0.6) is 0 Å². The molecule has 9 rings (SSSR count). The highest BCUT2D eigenvalue weighted by Gasteiger charge is 2.65. The molecule has 19 nitrogen and oxygen atoms in total. The van der Waals surface area contributed by atoms with Gasteiger partial charge >= 0.3 is 0 Å². The fourth-order valence-electron chi connectivity index (χ4n) is 12.8. The molecule has 0 aromatic carbocycles. The quantitative estimate of drug-likeness (QED) is 0.0889. The van der Waals surface area contributed by atoms with Crippen molar-refractivity contribution >= 4 is 0 Å². The molecule has 0 amide bonds. The van der Waals surface area contributed by atoms with Crippen LogP contribution in [0.15, 0.2) is 12.2 Å². The SMILES string of the molecule is C=C1CC[C@@H]2[C@@]3(CCC4OC(CO)C(O)C(OC5OC(CO)C(O)C(O)C5O)C4OC4OC(COC5OC(CO)C6OC6C5O)C(O)C(O)C4O[C@]24CCC[C@H](C)[C@H]4CC3)C1. The Morgan fingerprint density at radius 1 is 0.623 bits per heavy atom. The number of fused-ring (bicyclic) bond motifs is 3. The van der Waals surface area contributed by atoms with Gasteiger partial charge in [-0.2, -0.15) is 0 Å². The Labute approximate surface area is 354 Å². The average Bonchev–Trinajstić information content (AvgIpc) is 4.06. The van der Waals surface area contributed by atoms with Crippen molar-refractivity contribution in [3.8, 4) is 0 Å². The van der Waals surface area contributed by atoms with Crippen molar-refractivity contribution in [2.75, 3.05) is 26.4 Å². The maximum Gasteiger partial charge on any atom is 0.187 e. The Morgan fingerprint density at radius 3 is 2.08 bits per heavy atom. The van der Waals surface area contributed by atoms with Gasteiger partial charge in [-0.05, 0) is 74.5 Å². The molecule has 25 atom stereocenters. The van der Waals surface area contributed by atoms with Crippen LogP contribution in [-0.2, 0) is 42.6 Å². The molecular formula is C42H66O19. The van der Waals surface area contributed by atoms with Gasteiger partial charge in [0.1, 0.15) is 97.7 Å². The molecule has 6 aliphatic heterocycles. The fraction of sp³-hybridized carbons (Fsp3) is 0.952. The number of hydrogen-bond donors (Lipinski definition) is 10. The maximum atomic E-state index is 12.3. The predicted molar refractivity (Wildman–Crippen MR) is 204 cm³/mol. The van der Waals surface area contributed by atoms with E-state index in [9.17, 15) is 51.1 Å². The molecule has 9 aliphatic rings. The van der Waals surface area contributed by atoms with Gasteiger partial charge in [0, 0.05) is 0 Å². The fourth-order valence-corrected chi connectivity index (χ4v) is 12.8. The van der Waals surface area contributed by atoms with Crippen molar-refractivity contribution in [3.63, 3.8) is 0 Å². The van der Waals surface area contributed by atoms with Crippen molar-refractivity contribution < 1.29 is 93.7 Å². The van der Waals surface area contributed by atoms with E-state index >= 15 is 0 Å². The molecule has 348 valence electrons. The maximum absolute atomic E-state index is 12.3. The normalized spacial score (nSPS) is 56.0. The molecule has 61 heavy (non-hydrogen) atoms. The number of allylic oxidation sites excluding steroid dienone is 1. The Bertz CT molecular complexity index is 1540. The van der Waals surface area contributed by atoms with Crippen LogP contribution in [0.3, 0.4) is 0 Å². The van der Waals surface area contributed by atoms with Gasteiger partial charge < -0.3 is 93.7 Å². The first-order valence-electron chi connectivity index (χ1n) is 22.4. The lowest BCUT2D eigenvalue weighted by atomic mass is 9.45. The first-order valence-corrected chi connectivity index (χ1v) is 22.4. The molecule has 2 bridgehead atoms. The Morgan fingerprint density at radius 2 is 1.33 bits per heavy atom. The zero-order valence-corrected chi connectivity index (χ0v) is 34.5. The first-order chi connectivity index (χ1) is 29.2. The summed E-state index contributed by atoms with van der Waals surface area (Å²) in [6.07, 6.45) is -18.7. The molecule has 6 heterocycles. The molecule has 3 aliphatic carbocycles. The van der Waals surface area contributed by atoms with E-state index in [2.05, 4.69) is 13.5 Å². The van der Waals surface area contributed by atoms with E-state index in [0.29, 0.717) is 25.2 Å². The summed E-state index contributed by atoms with van der Waals surface area (Å²) in [5, 5.41) is 109. The van der Waals surface area contributed by atoms with Gasteiger partial charge in [0.25, 0.3) is 0 Å². The number of aliphatic hydroxyl groups is 10. The summed E-state index contributed by atoms with van der Waals surface area (Å²) < 4.78 is 56.6. The smallest absolute Gasteiger partial charge is 0.187 e. The third-order valence-electron chi connectivity index (χ3n) is 16.0. The van der Waals surface area contributed by atoms with E-state index in [-0.39, 0.29) is 23.9 Å². The van der Waals surface area contributed by atoms with E-state index in [4.69, 9.17) is 42.6 Å². The van der Waals surface area contributed by atoms with Crippen LogP contribution in [0.4, 0.5) is 0 Å².